The average Bonchev–Trinajstić information content (AvgIpc) is 2.79. The summed E-state index contributed by atoms with van der Waals surface area (Å²) in [6, 6.07) is 20.2. The van der Waals surface area contributed by atoms with Gasteiger partial charge in [0.1, 0.15) is 5.69 Å². The van der Waals surface area contributed by atoms with E-state index in [1.807, 2.05) is 35.2 Å². The van der Waals surface area contributed by atoms with E-state index >= 15 is 0 Å². The summed E-state index contributed by atoms with van der Waals surface area (Å²) in [5.74, 6) is 0.432. The third kappa shape index (κ3) is 4.54. The molecule has 4 rings (SSSR count). The molecule has 1 fully saturated rings. The van der Waals surface area contributed by atoms with Gasteiger partial charge in [0, 0.05) is 44.6 Å². The standard InChI is InChI=1S/C23H25N5O/c1-18-7-5-6-8-19(18)17-25-23-24-12-11-21(26-23)22(29)28-15-13-27(14-16-28)20-9-3-2-4-10-20/h2-12H,13-17H2,1H3,(H,24,25,26). The number of hydrogen-bond donors (Lipinski definition) is 1. The molecule has 0 atom stereocenters. The van der Waals surface area contributed by atoms with Crippen molar-refractivity contribution in [1.82, 2.24) is 14.9 Å². The lowest BCUT2D eigenvalue weighted by Crippen LogP contribution is -2.49. The maximum atomic E-state index is 12.9. The second-order valence-corrected chi connectivity index (χ2v) is 7.16. The first kappa shape index (κ1) is 18.9. The van der Waals surface area contributed by atoms with Gasteiger partial charge >= 0.3 is 0 Å². The van der Waals surface area contributed by atoms with Crippen LogP contribution in [0.15, 0.2) is 66.9 Å². The van der Waals surface area contributed by atoms with E-state index in [-0.39, 0.29) is 5.91 Å². The molecule has 0 aliphatic carbocycles. The van der Waals surface area contributed by atoms with Gasteiger partial charge in [-0.3, -0.25) is 4.79 Å². The first-order chi connectivity index (χ1) is 14.2. The molecule has 0 radical (unpaired) electrons. The maximum absolute atomic E-state index is 12.9. The molecule has 29 heavy (non-hydrogen) atoms. The zero-order valence-electron chi connectivity index (χ0n) is 16.6. The Morgan fingerprint density at radius 2 is 1.69 bits per heavy atom. The van der Waals surface area contributed by atoms with Crippen LogP contribution in [0.25, 0.3) is 0 Å². The number of aromatic nitrogens is 2. The van der Waals surface area contributed by atoms with Crippen LogP contribution >= 0.6 is 0 Å². The van der Waals surface area contributed by atoms with Gasteiger partial charge in [-0.05, 0) is 36.2 Å². The number of para-hydroxylation sites is 1. The van der Waals surface area contributed by atoms with Crippen molar-refractivity contribution in [2.45, 2.75) is 13.5 Å². The predicted octanol–water partition coefficient (Wildman–Crippen LogP) is 3.36. The summed E-state index contributed by atoms with van der Waals surface area (Å²) >= 11 is 0. The molecule has 0 unspecified atom stereocenters. The molecule has 6 nitrogen and oxygen atoms in total. The second-order valence-electron chi connectivity index (χ2n) is 7.16. The van der Waals surface area contributed by atoms with Gasteiger partial charge < -0.3 is 15.1 Å². The van der Waals surface area contributed by atoms with Gasteiger partial charge in [0.2, 0.25) is 5.95 Å². The highest BCUT2D eigenvalue weighted by molar-refractivity contribution is 5.92. The first-order valence-corrected chi connectivity index (χ1v) is 9.91. The summed E-state index contributed by atoms with van der Waals surface area (Å²) in [5.41, 5.74) is 4.03. The predicted molar refractivity (Wildman–Crippen MR) is 115 cm³/mol. The minimum absolute atomic E-state index is 0.0425. The fourth-order valence-corrected chi connectivity index (χ4v) is 3.51. The average molecular weight is 387 g/mol. The minimum atomic E-state index is -0.0425. The lowest BCUT2D eigenvalue weighted by molar-refractivity contribution is 0.0741. The van der Waals surface area contributed by atoms with Crippen molar-refractivity contribution in [2.24, 2.45) is 0 Å². The lowest BCUT2D eigenvalue weighted by Gasteiger charge is -2.36. The van der Waals surface area contributed by atoms with Crippen molar-refractivity contribution in [3.63, 3.8) is 0 Å². The van der Waals surface area contributed by atoms with Crippen molar-refractivity contribution in [1.29, 1.82) is 0 Å². The number of piperazine rings is 1. The zero-order chi connectivity index (χ0) is 20.1. The quantitative estimate of drug-likeness (QED) is 0.727. The number of benzene rings is 2. The molecule has 1 aliphatic heterocycles. The first-order valence-electron chi connectivity index (χ1n) is 9.91. The van der Waals surface area contributed by atoms with Crippen molar-refractivity contribution < 1.29 is 4.79 Å². The topological polar surface area (TPSA) is 61.4 Å². The molecule has 0 spiro atoms. The molecule has 1 saturated heterocycles. The summed E-state index contributed by atoms with van der Waals surface area (Å²) in [4.78, 5) is 25.8. The number of aryl methyl sites for hydroxylation is 1. The number of rotatable bonds is 5. The Morgan fingerprint density at radius 1 is 0.966 bits per heavy atom. The van der Waals surface area contributed by atoms with Crippen LogP contribution in [0.1, 0.15) is 21.6 Å². The van der Waals surface area contributed by atoms with Crippen molar-refractivity contribution in [2.75, 3.05) is 36.4 Å². The summed E-state index contributed by atoms with van der Waals surface area (Å²) in [6.07, 6.45) is 1.64. The van der Waals surface area contributed by atoms with Gasteiger partial charge in [-0.1, -0.05) is 42.5 Å². The van der Waals surface area contributed by atoms with Gasteiger partial charge in [0.25, 0.3) is 5.91 Å². The Labute approximate surface area is 171 Å². The van der Waals surface area contributed by atoms with Crippen LogP contribution in [0.4, 0.5) is 11.6 Å². The smallest absolute Gasteiger partial charge is 0.272 e. The summed E-state index contributed by atoms with van der Waals surface area (Å²) in [6.45, 7) is 5.71. The van der Waals surface area contributed by atoms with Crippen LogP contribution in [-0.4, -0.2) is 47.0 Å². The van der Waals surface area contributed by atoms with E-state index in [1.165, 1.54) is 16.8 Å². The summed E-state index contributed by atoms with van der Waals surface area (Å²) in [5, 5.41) is 3.23. The molecule has 3 aromatic rings. The Balaban J connectivity index is 1.37. The molecule has 1 amide bonds. The SMILES string of the molecule is Cc1ccccc1CNc1nccc(C(=O)N2CCN(c3ccccc3)CC2)n1. The van der Waals surface area contributed by atoms with Crippen LogP contribution < -0.4 is 10.2 Å². The molecular weight excluding hydrogens is 362 g/mol. The zero-order valence-corrected chi connectivity index (χ0v) is 16.6. The summed E-state index contributed by atoms with van der Waals surface area (Å²) in [7, 11) is 0. The molecule has 6 heteroatoms. The van der Waals surface area contributed by atoms with Gasteiger partial charge in [-0.15, -0.1) is 0 Å². The van der Waals surface area contributed by atoms with Gasteiger partial charge in [-0.25, -0.2) is 9.97 Å². The Bertz CT molecular complexity index is 968. The highest BCUT2D eigenvalue weighted by Crippen LogP contribution is 2.17. The molecule has 2 heterocycles. The van der Waals surface area contributed by atoms with E-state index in [2.05, 4.69) is 51.4 Å². The van der Waals surface area contributed by atoms with Gasteiger partial charge in [0.15, 0.2) is 0 Å². The highest BCUT2D eigenvalue weighted by atomic mass is 16.2. The maximum Gasteiger partial charge on any atom is 0.272 e. The molecule has 0 bridgehead atoms. The van der Waals surface area contributed by atoms with E-state index in [0.29, 0.717) is 31.3 Å². The van der Waals surface area contributed by atoms with Gasteiger partial charge in [0.05, 0.1) is 0 Å². The molecule has 0 saturated carbocycles. The third-order valence-corrected chi connectivity index (χ3v) is 5.26. The van der Waals surface area contributed by atoms with E-state index in [0.717, 1.165) is 13.1 Å². The van der Waals surface area contributed by atoms with Crippen molar-refractivity contribution in [3.8, 4) is 0 Å². The highest BCUT2D eigenvalue weighted by Gasteiger charge is 2.23. The van der Waals surface area contributed by atoms with Gasteiger partial charge in [-0.2, -0.15) is 0 Å². The fourth-order valence-electron chi connectivity index (χ4n) is 3.51. The Morgan fingerprint density at radius 3 is 2.45 bits per heavy atom. The number of carbonyl (C=O) groups excluding carboxylic acids is 1. The number of nitrogens with zero attached hydrogens (tertiary/aromatic N) is 4. The van der Waals surface area contributed by atoms with Crippen molar-refractivity contribution >= 4 is 17.5 Å². The number of carbonyl (C=O) groups is 1. The molecule has 1 aromatic heterocycles. The second kappa shape index (κ2) is 8.73. The van der Waals surface area contributed by atoms with Crippen LogP contribution in [0.3, 0.4) is 0 Å². The largest absolute Gasteiger partial charge is 0.368 e. The van der Waals surface area contributed by atoms with Crippen LogP contribution in [0.2, 0.25) is 0 Å². The molecule has 1 aliphatic rings. The fraction of sp³-hybridized carbons (Fsp3) is 0.261. The van der Waals surface area contributed by atoms with E-state index in [1.54, 1.807) is 12.3 Å². The molecule has 148 valence electrons. The van der Waals surface area contributed by atoms with Crippen LogP contribution in [0, 0.1) is 6.92 Å². The van der Waals surface area contributed by atoms with E-state index in [4.69, 9.17) is 0 Å². The molecular formula is C23H25N5O. The Kier molecular flexibility index (Phi) is 5.70. The van der Waals surface area contributed by atoms with E-state index in [9.17, 15) is 4.79 Å². The van der Waals surface area contributed by atoms with E-state index < -0.39 is 0 Å². The minimum Gasteiger partial charge on any atom is -0.368 e. The van der Waals surface area contributed by atoms with Crippen molar-refractivity contribution in [3.05, 3.63) is 83.7 Å². The Hall–Kier alpha value is -3.41. The van der Waals surface area contributed by atoms with Crippen LogP contribution in [-0.2, 0) is 6.54 Å². The number of amides is 1. The number of hydrogen-bond acceptors (Lipinski definition) is 5. The third-order valence-electron chi connectivity index (χ3n) is 5.26. The molecule has 1 N–H and O–H groups in total. The number of nitrogens with one attached hydrogen (secondary N) is 1. The number of anilines is 2. The summed E-state index contributed by atoms with van der Waals surface area (Å²) < 4.78 is 0. The van der Waals surface area contributed by atoms with Crippen LogP contribution in [0.5, 0.6) is 0 Å². The molecule has 2 aromatic carbocycles. The normalized spacial score (nSPS) is 14.0. The monoisotopic (exact) mass is 387 g/mol. The lowest BCUT2D eigenvalue weighted by atomic mass is 10.1.